The molecule has 0 heterocycles. The molecule has 0 bridgehead atoms. The van der Waals surface area contributed by atoms with Crippen LogP contribution in [0.25, 0.3) is 0 Å². The molecule has 0 aliphatic rings. The van der Waals surface area contributed by atoms with Gasteiger partial charge in [0.1, 0.15) is 0 Å². The number of rotatable bonds is 5. The number of carbonyl (C=O) groups excluding carboxylic acids is 2. The van der Waals surface area contributed by atoms with Crippen LogP contribution in [0.15, 0.2) is 58.3 Å². The average Bonchev–Trinajstić information content (AvgIpc) is 2.59. The number of hydrogen-bond donors (Lipinski definition) is 2. The summed E-state index contributed by atoms with van der Waals surface area (Å²) < 4.78 is 0. The van der Waals surface area contributed by atoms with Crippen LogP contribution >= 0.6 is 21.6 Å². The molecule has 22 heavy (non-hydrogen) atoms. The SMILES string of the molecule is CNC(=O)c1ccc(SSc2ccc(C(=O)NC)cc2)cc1. The number of carbonyl (C=O) groups is 2. The van der Waals surface area contributed by atoms with Gasteiger partial charge < -0.3 is 10.6 Å². The van der Waals surface area contributed by atoms with E-state index in [4.69, 9.17) is 0 Å². The highest BCUT2D eigenvalue weighted by atomic mass is 33.1. The Bertz CT molecular complexity index is 595. The number of nitrogens with one attached hydrogen (secondary N) is 2. The largest absolute Gasteiger partial charge is 0.355 e. The first-order chi connectivity index (χ1) is 10.6. The van der Waals surface area contributed by atoms with E-state index in [-0.39, 0.29) is 11.8 Å². The summed E-state index contributed by atoms with van der Waals surface area (Å²) in [5.41, 5.74) is 1.29. The molecule has 4 nitrogen and oxygen atoms in total. The lowest BCUT2D eigenvalue weighted by molar-refractivity contribution is 0.0955. The second-order valence-corrected chi connectivity index (χ2v) is 6.65. The molecular formula is C16H16N2O2S2. The molecule has 2 rings (SSSR count). The summed E-state index contributed by atoms with van der Waals surface area (Å²) in [5, 5.41) is 5.19. The number of amides is 2. The van der Waals surface area contributed by atoms with Crippen LogP contribution in [0.2, 0.25) is 0 Å². The molecule has 2 aromatic carbocycles. The van der Waals surface area contributed by atoms with Crippen molar-refractivity contribution < 1.29 is 9.59 Å². The van der Waals surface area contributed by atoms with Crippen molar-refractivity contribution in [2.45, 2.75) is 9.79 Å². The van der Waals surface area contributed by atoms with Crippen molar-refractivity contribution in [1.82, 2.24) is 10.6 Å². The third kappa shape index (κ3) is 4.29. The molecule has 2 N–H and O–H groups in total. The van der Waals surface area contributed by atoms with Gasteiger partial charge in [-0.1, -0.05) is 21.6 Å². The molecule has 0 atom stereocenters. The van der Waals surface area contributed by atoms with E-state index in [0.717, 1.165) is 9.79 Å². The van der Waals surface area contributed by atoms with E-state index in [2.05, 4.69) is 10.6 Å². The molecule has 114 valence electrons. The smallest absolute Gasteiger partial charge is 0.251 e. The second kappa shape index (κ2) is 7.91. The number of benzene rings is 2. The van der Waals surface area contributed by atoms with Gasteiger partial charge in [0.05, 0.1) is 0 Å². The molecule has 0 aliphatic carbocycles. The molecule has 0 aromatic heterocycles. The summed E-state index contributed by atoms with van der Waals surface area (Å²) in [6.07, 6.45) is 0. The first-order valence-corrected chi connectivity index (χ1v) is 8.78. The normalized spacial score (nSPS) is 10.1. The van der Waals surface area contributed by atoms with Crippen LogP contribution in [0.3, 0.4) is 0 Å². The van der Waals surface area contributed by atoms with Gasteiger partial charge in [-0.05, 0) is 48.5 Å². The molecule has 0 aliphatic heterocycles. The highest BCUT2D eigenvalue weighted by Gasteiger charge is 2.05. The van der Waals surface area contributed by atoms with E-state index in [1.54, 1.807) is 59.9 Å². The lowest BCUT2D eigenvalue weighted by Gasteiger charge is -2.04. The van der Waals surface area contributed by atoms with Crippen molar-refractivity contribution in [3.8, 4) is 0 Å². The quantitative estimate of drug-likeness (QED) is 0.826. The van der Waals surface area contributed by atoms with Crippen LogP contribution in [0.5, 0.6) is 0 Å². The predicted octanol–water partition coefficient (Wildman–Crippen LogP) is 3.21. The van der Waals surface area contributed by atoms with Crippen molar-refractivity contribution in [3.63, 3.8) is 0 Å². The minimum absolute atomic E-state index is 0.0889. The lowest BCUT2D eigenvalue weighted by atomic mass is 10.2. The van der Waals surface area contributed by atoms with Crippen molar-refractivity contribution >= 4 is 33.4 Å². The fourth-order valence-electron chi connectivity index (χ4n) is 1.71. The summed E-state index contributed by atoms with van der Waals surface area (Å²) in [7, 11) is 6.44. The molecule has 0 fully saturated rings. The first-order valence-electron chi connectivity index (χ1n) is 6.63. The highest BCUT2D eigenvalue weighted by molar-refractivity contribution is 8.76. The zero-order valence-corrected chi connectivity index (χ0v) is 13.9. The number of hydrogen-bond acceptors (Lipinski definition) is 4. The Balaban J connectivity index is 1.95. The topological polar surface area (TPSA) is 58.2 Å². The van der Waals surface area contributed by atoms with E-state index in [0.29, 0.717) is 11.1 Å². The highest BCUT2D eigenvalue weighted by Crippen LogP contribution is 2.37. The molecule has 0 saturated heterocycles. The molecule has 6 heteroatoms. The monoisotopic (exact) mass is 332 g/mol. The lowest BCUT2D eigenvalue weighted by Crippen LogP contribution is -2.17. The Morgan fingerprint density at radius 3 is 1.27 bits per heavy atom. The van der Waals surface area contributed by atoms with Gasteiger partial charge in [-0.15, -0.1) is 0 Å². The minimum atomic E-state index is -0.0889. The standard InChI is InChI=1S/C16H16N2O2S2/c1-17-15(19)11-3-7-13(8-4-11)21-22-14-9-5-12(6-10-14)16(20)18-2/h3-10H,1-2H3,(H,17,19)(H,18,20). The van der Waals surface area contributed by atoms with Gasteiger partial charge in [0.15, 0.2) is 0 Å². The van der Waals surface area contributed by atoms with Crippen LogP contribution in [-0.2, 0) is 0 Å². The zero-order valence-electron chi connectivity index (χ0n) is 12.3. The van der Waals surface area contributed by atoms with E-state index in [9.17, 15) is 9.59 Å². The van der Waals surface area contributed by atoms with Gasteiger partial charge in [-0.2, -0.15) is 0 Å². The van der Waals surface area contributed by atoms with Gasteiger partial charge in [0.2, 0.25) is 0 Å². The van der Waals surface area contributed by atoms with Crippen LogP contribution in [-0.4, -0.2) is 25.9 Å². The molecule has 2 amide bonds. The summed E-state index contributed by atoms with van der Waals surface area (Å²) in [4.78, 5) is 25.0. The minimum Gasteiger partial charge on any atom is -0.355 e. The Labute approximate surface area is 137 Å². The maximum Gasteiger partial charge on any atom is 0.251 e. The summed E-state index contributed by atoms with van der Waals surface area (Å²) >= 11 is 0. The Morgan fingerprint density at radius 1 is 0.682 bits per heavy atom. The average molecular weight is 332 g/mol. The summed E-state index contributed by atoms with van der Waals surface area (Å²) in [6.45, 7) is 0. The second-order valence-electron chi connectivity index (χ2n) is 4.37. The van der Waals surface area contributed by atoms with E-state index >= 15 is 0 Å². The van der Waals surface area contributed by atoms with Gasteiger partial charge in [0, 0.05) is 35.0 Å². The molecule has 0 unspecified atom stereocenters. The van der Waals surface area contributed by atoms with Crippen LogP contribution in [0.4, 0.5) is 0 Å². The van der Waals surface area contributed by atoms with Gasteiger partial charge in [-0.3, -0.25) is 9.59 Å². The Kier molecular flexibility index (Phi) is 5.91. The van der Waals surface area contributed by atoms with Crippen molar-refractivity contribution in [3.05, 3.63) is 59.7 Å². The fraction of sp³-hybridized carbons (Fsp3) is 0.125. The molecule has 0 spiro atoms. The molecule has 0 saturated carbocycles. The van der Waals surface area contributed by atoms with Gasteiger partial charge in [-0.25, -0.2) is 0 Å². The van der Waals surface area contributed by atoms with Crippen molar-refractivity contribution in [2.24, 2.45) is 0 Å². The van der Waals surface area contributed by atoms with E-state index in [1.807, 2.05) is 24.3 Å². The van der Waals surface area contributed by atoms with Gasteiger partial charge in [0.25, 0.3) is 11.8 Å². The maximum atomic E-state index is 11.5. The van der Waals surface area contributed by atoms with Crippen molar-refractivity contribution in [1.29, 1.82) is 0 Å². The fourth-order valence-corrected chi connectivity index (χ4v) is 3.64. The Morgan fingerprint density at radius 2 is 1.00 bits per heavy atom. The third-order valence-corrected chi connectivity index (χ3v) is 5.34. The summed E-state index contributed by atoms with van der Waals surface area (Å²) in [6, 6.07) is 14.9. The van der Waals surface area contributed by atoms with E-state index in [1.165, 1.54) is 0 Å². The Hall–Kier alpha value is -1.92. The third-order valence-electron chi connectivity index (χ3n) is 2.92. The summed E-state index contributed by atoms with van der Waals surface area (Å²) in [5.74, 6) is -0.178. The van der Waals surface area contributed by atoms with Crippen LogP contribution in [0, 0.1) is 0 Å². The van der Waals surface area contributed by atoms with E-state index < -0.39 is 0 Å². The zero-order chi connectivity index (χ0) is 15.9. The van der Waals surface area contributed by atoms with Crippen molar-refractivity contribution in [2.75, 3.05) is 14.1 Å². The predicted molar refractivity (Wildman–Crippen MR) is 91.4 cm³/mol. The molecule has 0 radical (unpaired) electrons. The van der Waals surface area contributed by atoms with Crippen LogP contribution < -0.4 is 10.6 Å². The first kappa shape index (κ1) is 16.5. The maximum absolute atomic E-state index is 11.5. The molecule has 2 aromatic rings. The van der Waals surface area contributed by atoms with Gasteiger partial charge >= 0.3 is 0 Å². The van der Waals surface area contributed by atoms with Crippen LogP contribution in [0.1, 0.15) is 20.7 Å². The molecular weight excluding hydrogens is 316 g/mol.